The molecule has 1 amide bonds. The standard InChI is InChI=1S/C28H24F2N6O4/c1-15-10-12-36(19-6-3-17(29)4-7-19)28(39)23(15)27(38)33-18-5-8-21(20(30)13-18)40-22-9-11-31-25-24(22)26(35-34-25)32-16(2)14-37/h3-13,16,37H,14H2,1-2H3,(H,33,38)(H2,31,32,34,35)/t16-/m1/s1. The number of aliphatic hydroxyl groups excluding tert-OH is 1. The van der Waals surface area contributed by atoms with Crippen LogP contribution in [0.1, 0.15) is 22.8 Å². The van der Waals surface area contributed by atoms with Gasteiger partial charge in [0.1, 0.15) is 22.5 Å². The molecule has 0 aliphatic carbocycles. The van der Waals surface area contributed by atoms with Gasteiger partial charge in [-0.1, -0.05) is 0 Å². The average molecular weight is 547 g/mol. The Morgan fingerprint density at radius 3 is 2.62 bits per heavy atom. The van der Waals surface area contributed by atoms with Crippen LogP contribution in [0.15, 0.2) is 71.8 Å². The summed E-state index contributed by atoms with van der Waals surface area (Å²) >= 11 is 0. The first kappa shape index (κ1) is 26.5. The van der Waals surface area contributed by atoms with Gasteiger partial charge in [0.15, 0.2) is 23.0 Å². The molecule has 0 radical (unpaired) electrons. The molecule has 3 aromatic heterocycles. The fourth-order valence-corrected chi connectivity index (χ4v) is 4.07. The molecule has 0 saturated heterocycles. The molecular weight excluding hydrogens is 522 g/mol. The van der Waals surface area contributed by atoms with Crippen molar-refractivity contribution >= 4 is 28.4 Å². The Morgan fingerprint density at radius 2 is 1.90 bits per heavy atom. The van der Waals surface area contributed by atoms with Crippen molar-refractivity contribution < 1.29 is 23.4 Å². The molecular formula is C28H24F2N6O4. The molecule has 10 nitrogen and oxygen atoms in total. The molecule has 0 spiro atoms. The Kier molecular flexibility index (Phi) is 7.25. The zero-order valence-electron chi connectivity index (χ0n) is 21.4. The van der Waals surface area contributed by atoms with E-state index in [0.29, 0.717) is 28.1 Å². The van der Waals surface area contributed by atoms with Gasteiger partial charge in [-0.25, -0.2) is 13.8 Å². The third-order valence-electron chi connectivity index (χ3n) is 6.12. The number of fused-ring (bicyclic) bond motifs is 1. The summed E-state index contributed by atoms with van der Waals surface area (Å²) in [5.74, 6) is -1.42. The van der Waals surface area contributed by atoms with Crippen LogP contribution in [-0.4, -0.2) is 43.4 Å². The molecule has 0 aliphatic heterocycles. The van der Waals surface area contributed by atoms with Gasteiger partial charge in [-0.05, 0) is 61.9 Å². The number of amides is 1. The Balaban J connectivity index is 1.39. The van der Waals surface area contributed by atoms with Crippen LogP contribution in [0.25, 0.3) is 16.7 Å². The summed E-state index contributed by atoms with van der Waals surface area (Å²) in [4.78, 5) is 30.4. The fourth-order valence-electron chi connectivity index (χ4n) is 4.07. The number of aryl methyl sites for hydroxylation is 1. The van der Waals surface area contributed by atoms with Gasteiger partial charge in [-0.3, -0.25) is 19.3 Å². The second-order valence-corrected chi connectivity index (χ2v) is 9.06. The predicted octanol–water partition coefficient (Wildman–Crippen LogP) is 4.53. The summed E-state index contributed by atoms with van der Waals surface area (Å²) in [6.45, 7) is 3.24. The number of ether oxygens (including phenoxy) is 1. The molecule has 1 atom stereocenters. The van der Waals surface area contributed by atoms with Gasteiger partial charge in [0.25, 0.3) is 11.5 Å². The van der Waals surface area contributed by atoms with Crippen molar-refractivity contribution in [1.29, 1.82) is 0 Å². The lowest BCUT2D eigenvalue weighted by Gasteiger charge is -2.13. The van der Waals surface area contributed by atoms with E-state index in [0.717, 1.165) is 6.07 Å². The largest absolute Gasteiger partial charge is 0.453 e. The van der Waals surface area contributed by atoms with Crippen LogP contribution < -0.4 is 20.9 Å². The summed E-state index contributed by atoms with van der Waals surface area (Å²) in [6, 6.07) is 12.0. The Labute approximate surface area is 226 Å². The molecule has 5 aromatic rings. The number of pyridine rings is 2. The van der Waals surface area contributed by atoms with E-state index < -0.39 is 23.1 Å². The van der Waals surface area contributed by atoms with Crippen LogP contribution >= 0.6 is 0 Å². The number of halogens is 2. The third-order valence-corrected chi connectivity index (χ3v) is 6.12. The molecule has 204 valence electrons. The highest BCUT2D eigenvalue weighted by Crippen LogP contribution is 2.34. The number of H-pyrrole nitrogens is 1. The van der Waals surface area contributed by atoms with Gasteiger partial charge in [-0.15, -0.1) is 0 Å². The molecule has 3 heterocycles. The van der Waals surface area contributed by atoms with Gasteiger partial charge >= 0.3 is 0 Å². The van der Waals surface area contributed by atoms with E-state index in [2.05, 4.69) is 25.8 Å². The van der Waals surface area contributed by atoms with Crippen LogP contribution in [0, 0.1) is 18.6 Å². The summed E-state index contributed by atoms with van der Waals surface area (Å²) in [5, 5.41) is 22.3. The minimum absolute atomic E-state index is 0.105. The van der Waals surface area contributed by atoms with Gasteiger partial charge in [-0.2, -0.15) is 5.10 Å². The maximum atomic E-state index is 15.1. The maximum Gasteiger partial charge on any atom is 0.268 e. The molecule has 40 heavy (non-hydrogen) atoms. The zero-order chi connectivity index (χ0) is 28.4. The van der Waals surface area contributed by atoms with Crippen molar-refractivity contribution in [3.63, 3.8) is 0 Å². The van der Waals surface area contributed by atoms with E-state index in [4.69, 9.17) is 4.74 Å². The molecule has 5 rings (SSSR count). The summed E-state index contributed by atoms with van der Waals surface area (Å²) in [6.07, 6.45) is 2.97. The van der Waals surface area contributed by atoms with E-state index in [9.17, 15) is 19.1 Å². The zero-order valence-corrected chi connectivity index (χ0v) is 21.4. The second kappa shape index (κ2) is 10.9. The molecule has 12 heteroatoms. The normalized spacial score (nSPS) is 11.8. The highest BCUT2D eigenvalue weighted by Gasteiger charge is 2.19. The molecule has 0 aliphatic rings. The van der Waals surface area contributed by atoms with E-state index in [1.807, 2.05) is 0 Å². The van der Waals surface area contributed by atoms with Crippen LogP contribution in [0.5, 0.6) is 11.5 Å². The van der Waals surface area contributed by atoms with Crippen molar-refractivity contribution in [3.05, 3.63) is 100 Å². The Hall–Kier alpha value is -5.10. The quantitative estimate of drug-likeness (QED) is 0.225. The third kappa shape index (κ3) is 5.24. The lowest BCUT2D eigenvalue weighted by Crippen LogP contribution is -2.29. The van der Waals surface area contributed by atoms with Crippen LogP contribution in [-0.2, 0) is 0 Å². The number of rotatable bonds is 8. The number of aliphatic hydroxyl groups is 1. The van der Waals surface area contributed by atoms with Gasteiger partial charge in [0.05, 0.1) is 6.61 Å². The Bertz CT molecular complexity index is 1770. The van der Waals surface area contributed by atoms with Crippen LogP contribution in [0.3, 0.4) is 0 Å². The number of benzene rings is 2. The molecule has 0 unspecified atom stereocenters. The highest BCUT2D eigenvalue weighted by molar-refractivity contribution is 6.05. The molecule has 2 aromatic carbocycles. The van der Waals surface area contributed by atoms with E-state index in [1.165, 1.54) is 53.4 Å². The summed E-state index contributed by atoms with van der Waals surface area (Å²) < 4.78 is 35.5. The number of carbonyl (C=O) groups is 1. The van der Waals surface area contributed by atoms with E-state index >= 15 is 4.39 Å². The van der Waals surface area contributed by atoms with Crippen molar-refractivity contribution in [3.8, 4) is 17.2 Å². The SMILES string of the molecule is Cc1ccn(-c2ccc(F)cc2)c(=O)c1C(=O)Nc1ccc(Oc2ccnc3[nH]nc(N[C@H](C)CO)c23)c(F)c1. The number of nitrogens with one attached hydrogen (secondary N) is 3. The fraction of sp³-hybridized carbons (Fsp3) is 0.143. The summed E-state index contributed by atoms with van der Waals surface area (Å²) in [5.41, 5.74) is 0.574. The minimum Gasteiger partial charge on any atom is -0.453 e. The topological polar surface area (TPSA) is 134 Å². The smallest absolute Gasteiger partial charge is 0.268 e. The number of carbonyl (C=O) groups excluding carboxylic acids is 1. The number of hydrogen-bond donors (Lipinski definition) is 4. The van der Waals surface area contributed by atoms with Crippen molar-refractivity contribution in [2.24, 2.45) is 0 Å². The Morgan fingerprint density at radius 1 is 1.12 bits per heavy atom. The first-order chi connectivity index (χ1) is 19.2. The van der Waals surface area contributed by atoms with Crippen LogP contribution in [0.4, 0.5) is 20.3 Å². The monoisotopic (exact) mass is 546 g/mol. The molecule has 0 saturated carbocycles. The number of aromatic amines is 1. The number of nitrogens with zero attached hydrogens (tertiary/aromatic N) is 3. The molecule has 0 fully saturated rings. The first-order valence-corrected chi connectivity index (χ1v) is 12.2. The minimum atomic E-state index is -0.766. The maximum absolute atomic E-state index is 15.1. The lowest BCUT2D eigenvalue weighted by atomic mass is 10.1. The predicted molar refractivity (Wildman–Crippen MR) is 145 cm³/mol. The molecule has 4 N–H and O–H groups in total. The number of anilines is 2. The lowest BCUT2D eigenvalue weighted by molar-refractivity contribution is 0.102. The summed E-state index contributed by atoms with van der Waals surface area (Å²) in [7, 11) is 0. The van der Waals surface area contributed by atoms with E-state index in [1.54, 1.807) is 26.0 Å². The first-order valence-electron chi connectivity index (χ1n) is 12.2. The van der Waals surface area contributed by atoms with E-state index in [-0.39, 0.29) is 35.4 Å². The van der Waals surface area contributed by atoms with Gasteiger partial charge in [0, 0.05) is 41.9 Å². The second-order valence-electron chi connectivity index (χ2n) is 9.06. The number of hydrogen-bond acceptors (Lipinski definition) is 7. The highest BCUT2D eigenvalue weighted by atomic mass is 19.1. The van der Waals surface area contributed by atoms with Gasteiger partial charge in [0.2, 0.25) is 0 Å². The van der Waals surface area contributed by atoms with Crippen molar-refractivity contribution in [2.75, 3.05) is 17.2 Å². The van der Waals surface area contributed by atoms with Crippen molar-refractivity contribution in [1.82, 2.24) is 19.7 Å². The average Bonchev–Trinajstić information content (AvgIpc) is 3.34. The van der Waals surface area contributed by atoms with Crippen LogP contribution in [0.2, 0.25) is 0 Å². The van der Waals surface area contributed by atoms with Gasteiger partial charge < -0.3 is 20.5 Å². The molecule has 0 bridgehead atoms. The van der Waals surface area contributed by atoms with Crippen molar-refractivity contribution in [2.45, 2.75) is 19.9 Å². The number of aromatic nitrogens is 4.